The summed E-state index contributed by atoms with van der Waals surface area (Å²) in [6, 6.07) is 5.23. The minimum absolute atomic E-state index is 0.354. The second-order valence-electron chi connectivity index (χ2n) is 3.24. The van der Waals surface area contributed by atoms with Crippen molar-refractivity contribution in [1.82, 2.24) is 5.32 Å². The zero-order valence-corrected chi connectivity index (χ0v) is 8.65. The molecule has 1 aromatic carbocycles. The van der Waals surface area contributed by atoms with E-state index in [4.69, 9.17) is 11.5 Å². The van der Waals surface area contributed by atoms with Crippen LogP contribution in [0.15, 0.2) is 24.3 Å². The predicted molar refractivity (Wildman–Crippen MR) is 57.2 cm³/mol. The van der Waals surface area contributed by atoms with Crippen LogP contribution in [0.25, 0.3) is 0 Å². The van der Waals surface area contributed by atoms with Gasteiger partial charge in [0.25, 0.3) is 5.91 Å². The van der Waals surface area contributed by atoms with E-state index in [1.165, 1.54) is 19.1 Å². The van der Waals surface area contributed by atoms with Gasteiger partial charge in [0.05, 0.1) is 0 Å². The third-order valence-electron chi connectivity index (χ3n) is 2.01. The van der Waals surface area contributed by atoms with E-state index in [0.29, 0.717) is 11.1 Å². The van der Waals surface area contributed by atoms with Crippen LogP contribution in [0.3, 0.4) is 0 Å². The molecule has 0 saturated carbocycles. The quantitative estimate of drug-likeness (QED) is 0.735. The van der Waals surface area contributed by atoms with Crippen LogP contribution in [-0.2, 0) is 4.79 Å². The monoisotopic (exact) mass is 216 g/mol. The van der Waals surface area contributed by atoms with Crippen LogP contribution in [0.1, 0.15) is 22.8 Å². The Labute approximate surface area is 93.3 Å². The highest BCUT2D eigenvalue weighted by atomic mass is 16.4. The van der Waals surface area contributed by atoms with Crippen molar-refractivity contribution in [3.05, 3.63) is 41.8 Å². The molecule has 0 heterocycles. The molecule has 0 saturated heterocycles. The summed E-state index contributed by atoms with van der Waals surface area (Å²) in [5.41, 5.74) is 0.912. The molecule has 1 aromatic rings. The van der Waals surface area contributed by atoms with Gasteiger partial charge in [-0.15, -0.1) is 0 Å². The van der Waals surface area contributed by atoms with E-state index >= 15 is 0 Å². The maximum atomic E-state index is 11.5. The number of carbonyl (C=O) groups excluding carboxylic acids is 1. The highest BCUT2D eigenvalue weighted by Crippen LogP contribution is 2.03. The zero-order chi connectivity index (χ0) is 12.1. The maximum Gasteiger partial charge on any atom is 0.325 e. The third kappa shape index (κ3) is 2.85. The fraction of sp³-hybridized carbons (Fsp3) is 0.167. The molecule has 0 fully saturated rings. The Morgan fingerprint density at radius 2 is 1.94 bits per heavy atom. The highest BCUT2D eigenvalue weighted by Gasteiger charge is 2.14. The summed E-state index contributed by atoms with van der Waals surface area (Å²) in [4.78, 5) is 22.0. The van der Waals surface area contributed by atoms with Crippen LogP contribution in [0, 0.1) is 12.3 Å². The van der Waals surface area contributed by atoms with Crippen molar-refractivity contribution in [2.75, 3.05) is 0 Å². The first-order chi connectivity index (χ1) is 7.54. The molecule has 4 nitrogen and oxygen atoms in total. The molecule has 2 N–H and O–H groups in total. The Hall–Kier alpha value is -2.28. The van der Waals surface area contributed by atoms with Crippen molar-refractivity contribution in [3.63, 3.8) is 0 Å². The number of carbonyl (C=O) groups is 2. The van der Waals surface area contributed by atoms with Gasteiger partial charge in [0.2, 0.25) is 0 Å². The minimum Gasteiger partial charge on any atom is -0.480 e. The normalized spacial score (nSPS) is 11.2. The van der Waals surface area contributed by atoms with E-state index in [2.05, 4.69) is 11.2 Å². The maximum absolute atomic E-state index is 11.5. The predicted octanol–water partition coefficient (Wildman–Crippen LogP) is 0.827. The average molecular weight is 216 g/mol. The van der Waals surface area contributed by atoms with Gasteiger partial charge >= 0.3 is 5.97 Å². The summed E-state index contributed by atoms with van der Waals surface area (Å²) in [5.74, 6) is 0.639. The largest absolute Gasteiger partial charge is 0.480 e. The zero-order valence-electron chi connectivity index (χ0n) is 8.65. The number of amides is 1. The fourth-order valence-corrected chi connectivity index (χ4v) is 1.05. The van der Waals surface area contributed by atoms with Gasteiger partial charge in [-0.2, -0.15) is 0 Å². The minimum atomic E-state index is -1.09. The molecule has 1 rings (SSSR count). The molecule has 0 aliphatic carbocycles. The molecular formula is C12H10NO3. The molecule has 0 aliphatic heterocycles. The SMILES string of the molecule is [C]#Cc1ccc(C(=O)NC(C)C(=O)O)cc1. The van der Waals surface area contributed by atoms with Crippen molar-refractivity contribution in [2.24, 2.45) is 0 Å². The number of benzene rings is 1. The summed E-state index contributed by atoms with van der Waals surface area (Å²) in [6.45, 7) is 1.39. The van der Waals surface area contributed by atoms with Crippen molar-refractivity contribution >= 4 is 11.9 Å². The number of rotatable bonds is 3. The number of aliphatic carboxylic acids is 1. The smallest absolute Gasteiger partial charge is 0.325 e. The van der Waals surface area contributed by atoms with Gasteiger partial charge in [0.15, 0.2) is 0 Å². The van der Waals surface area contributed by atoms with Crippen molar-refractivity contribution in [2.45, 2.75) is 13.0 Å². The van der Waals surface area contributed by atoms with E-state index in [1.807, 2.05) is 0 Å². The first kappa shape index (κ1) is 11.8. The van der Waals surface area contributed by atoms with Crippen molar-refractivity contribution in [3.8, 4) is 5.92 Å². The summed E-state index contributed by atoms with van der Waals surface area (Å²) in [5, 5.41) is 10.9. The topological polar surface area (TPSA) is 66.4 Å². The Kier molecular flexibility index (Phi) is 3.67. The number of carboxylic acid groups (broad SMARTS) is 1. The number of hydrogen-bond donors (Lipinski definition) is 2. The highest BCUT2D eigenvalue weighted by molar-refractivity contribution is 5.96. The Morgan fingerprint density at radius 3 is 2.38 bits per heavy atom. The summed E-state index contributed by atoms with van der Waals surface area (Å²) < 4.78 is 0. The van der Waals surface area contributed by atoms with Crippen LogP contribution in [-0.4, -0.2) is 23.0 Å². The average Bonchev–Trinajstić information content (AvgIpc) is 2.28. The van der Waals surface area contributed by atoms with E-state index in [9.17, 15) is 9.59 Å². The van der Waals surface area contributed by atoms with E-state index in [0.717, 1.165) is 0 Å². The molecule has 0 bridgehead atoms. The molecule has 1 amide bonds. The first-order valence-corrected chi connectivity index (χ1v) is 4.61. The Morgan fingerprint density at radius 1 is 1.38 bits per heavy atom. The van der Waals surface area contributed by atoms with Crippen LogP contribution < -0.4 is 5.32 Å². The lowest BCUT2D eigenvalue weighted by Crippen LogP contribution is -2.38. The Bertz CT molecular complexity index is 442. The van der Waals surface area contributed by atoms with Gasteiger partial charge in [-0.1, -0.05) is 5.92 Å². The fourth-order valence-electron chi connectivity index (χ4n) is 1.05. The van der Waals surface area contributed by atoms with Crippen molar-refractivity contribution in [1.29, 1.82) is 0 Å². The number of nitrogens with one attached hydrogen (secondary N) is 1. The lowest BCUT2D eigenvalue weighted by molar-refractivity contribution is -0.138. The molecule has 0 aliphatic rings. The van der Waals surface area contributed by atoms with Crippen LogP contribution in [0.4, 0.5) is 0 Å². The van der Waals surface area contributed by atoms with Crippen LogP contribution >= 0.6 is 0 Å². The lowest BCUT2D eigenvalue weighted by atomic mass is 10.1. The van der Waals surface area contributed by atoms with Gasteiger partial charge < -0.3 is 10.4 Å². The molecule has 1 radical (unpaired) electrons. The van der Waals surface area contributed by atoms with Gasteiger partial charge in [0.1, 0.15) is 6.04 Å². The van der Waals surface area contributed by atoms with Crippen molar-refractivity contribution < 1.29 is 14.7 Å². The number of hydrogen-bond acceptors (Lipinski definition) is 2. The molecule has 4 heteroatoms. The second kappa shape index (κ2) is 4.99. The summed E-state index contributed by atoms with van der Waals surface area (Å²) in [7, 11) is 0. The molecular weight excluding hydrogens is 206 g/mol. The summed E-state index contributed by atoms with van der Waals surface area (Å²) in [6.07, 6.45) is 6.86. The van der Waals surface area contributed by atoms with Gasteiger partial charge in [-0.05, 0) is 37.6 Å². The van der Waals surface area contributed by atoms with Gasteiger partial charge in [-0.25, -0.2) is 0 Å². The molecule has 0 spiro atoms. The molecule has 1 unspecified atom stereocenters. The standard InChI is InChI=1S/C12H10NO3/c1-3-9-4-6-10(7-5-9)11(14)13-8(2)12(15)16/h4-8H,2H3,(H,13,14)(H,15,16). The Balaban J connectivity index is 2.74. The molecule has 16 heavy (non-hydrogen) atoms. The molecule has 1 atom stereocenters. The van der Waals surface area contributed by atoms with Crippen LogP contribution in [0.2, 0.25) is 0 Å². The van der Waals surface area contributed by atoms with Gasteiger partial charge in [-0.3, -0.25) is 9.59 Å². The second-order valence-corrected chi connectivity index (χ2v) is 3.24. The first-order valence-electron chi connectivity index (χ1n) is 4.61. The third-order valence-corrected chi connectivity index (χ3v) is 2.01. The van der Waals surface area contributed by atoms with E-state index < -0.39 is 17.9 Å². The van der Waals surface area contributed by atoms with E-state index in [-0.39, 0.29) is 0 Å². The molecule has 81 valence electrons. The van der Waals surface area contributed by atoms with E-state index in [1.54, 1.807) is 12.1 Å². The van der Waals surface area contributed by atoms with Gasteiger partial charge in [0, 0.05) is 11.1 Å². The number of carboxylic acids is 1. The summed E-state index contributed by atoms with van der Waals surface area (Å²) >= 11 is 0. The van der Waals surface area contributed by atoms with Crippen LogP contribution in [0.5, 0.6) is 0 Å². The molecule has 0 aromatic heterocycles. The lowest BCUT2D eigenvalue weighted by Gasteiger charge is -2.08.